The predicted molar refractivity (Wildman–Crippen MR) is 115 cm³/mol. The minimum atomic E-state index is -0.247. The molecule has 5 nitrogen and oxygen atoms in total. The number of halogens is 1. The Hall–Kier alpha value is -2.24. The minimum Gasteiger partial charge on any atom is -0.493 e. The summed E-state index contributed by atoms with van der Waals surface area (Å²) in [5, 5.41) is 6.77. The van der Waals surface area contributed by atoms with Gasteiger partial charge in [0.15, 0.2) is 18.1 Å². The number of ether oxygens (including phenoxy) is 2. The topological polar surface area (TPSA) is 59.6 Å². The Morgan fingerprint density at radius 1 is 1.11 bits per heavy atom. The third-order valence-electron chi connectivity index (χ3n) is 4.30. The summed E-state index contributed by atoms with van der Waals surface area (Å²) in [6, 6.07) is 11.1. The van der Waals surface area contributed by atoms with E-state index < -0.39 is 0 Å². The number of hydrogen-bond acceptors (Lipinski definition) is 4. The number of benzene rings is 2. The second-order valence-electron chi connectivity index (χ2n) is 6.68. The Kier molecular flexibility index (Phi) is 9.11. The van der Waals surface area contributed by atoms with E-state index in [1.807, 2.05) is 37.3 Å². The van der Waals surface area contributed by atoms with E-state index in [1.165, 1.54) is 12.8 Å². The SMILES string of the molecule is CCCCCNCc1cc(OC)c(OCC(=O)Nc2ccc(C)cc2)cc1Cl. The van der Waals surface area contributed by atoms with Gasteiger partial charge in [-0.05, 0) is 43.7 Å². The molecule has 0 radical (unpaired) electrons. The summed E-state index contributed by atoms with van der Waals surface area (Å²) in [5.74, 6) is 0.753. The van der Waals surface area contributed by atoms with Crippen molar-refractivity contribution in [2.24, 2.45) is 0 Å². The quantitative estimate of drug-likeness (QED) is 0.520. The number of amides is 1. The van der Waals surface area contributed by atoms with Gasteiger partial charge in [-0.2, -0.15) is 0 Å². The molecule has 0 heterocycles. The predicted octanol–water partition coefficient (Wildman–Crippen LogP) is 4.95. The summed E-state index contributed by atoms with van der Waals surface area (Å²) in [7, 11) is 1.57. The molecule has 2 rings (SSSR count). The molecule has 2 N–H and O–H groups in total. The highest BCUT2D eigenvalue weighted by atomic mass is 35.5. The number of carbonyl (C=O) groups excluding carboxylic acids is 1. The van der Waals surface area contributed by atoms with Gasteiger partial charge in [-0.25, -0.2) is 0 Å². The van der Waals surface area contributed by atoms with Crippen LogP contribution in [0.3, 0.4) is 0 Å². The number of nitrogens with one attached hydrogen (secondary N) is 2. The zero-order chi connectivity index (χ0) is 20.4. The number of carbonyl (C=O) groups is 1. The van der Waals surface area contributed by atoms with Crippen LogP contribution >= 0.6 is 11.6 Å². The molecule has 28 heavy (non-hydrogen) atoms. The summed E-state index contributed by atoms with van der Waals surface area (Å²) in [4.78, 5) is 12.1. The highest BCUT2D eigenvalue weighted by molar-refractivity contribution is 6.31. The summed E-state index contributed by atoms with van der Waals surface area (Å²) in [6.45, 7) is 5.66. The molecule has 0 saturated heterocycles. The number of unbranched alkanes of at least 4 members (excludes halogenated alkanes) is 2. The summed E-state index contributed by atoms with van der Waals surface area (Å²) in [5.41, 5.74) is 2.80. The highest BCUT2D eigenvalue weighted by Crippen LogP contribution is 2.33. The van der Waals surface area contributed by atoms with E-state index in [0.717, 1.165) is 29.8 Å². The van der Waals surface area contributed by atoms with E-state index in [0.29, 0.717) is 23.1 Å². The maximum atomic E-state index is 12.1. The van der Waals surface area contributed by atoms with Crippen molar-refractivity contribution in [3.8, 4) is 11.5 Å². The highest BCUT2D eigenvalue weighted by Gasteiger charge is 2.12. The molecule has 0 spiro atoms. The summed E-state index contributed by atoms with van der Waals surface area (Å²) in [6.07, 6.45) is 3.55. The van der Waals surface area contributed by atoms with Crippen LogP contribution in [-0.4, -0.2) is 26.2 Å². The molecular weight excluding hydrogens is 376 g/mol. The molecule has 152 valence electrons. The van der Waals surface area contributed by atoms with Crippen molar-refractivity contribution >= 4 is 23.2 Å². The lowest BCUT2D eigenvalue weighted by molar-refractivity contribution is -0.118. The first-order valence-electron chi connectivity index (χ1n) is 9.60. The van der Waals surface area contributed by atoms with Gasteiger partial charge in [-0.3, -0.25) is 4.79 Å². The maximum absolute atomic E-state index is 12.1. The molecule has 0 saturated carbocycles. The Balaban J connectivity index is 1.92. The zero-order valence-electron chi connectivity index (χ0n) is 16.8. The average molecular weight is 405 g/mol. The van der Waals surface area contributed by atoms with Crippen LogP contribution in [0.5, 0.6) is 11.5 Å². The van der Waals surface area contributed by atoms with E-state index in [-0.39, 0.29) is 12.5 Å². The second kappa shape index (κ2) is 11.6. The molecule has 0 atom stereocenters. The smallest absolute Gasteiger partial charge is 0.262 e. The van der Waals surface area contributed by atoms with Crippen molar-refractivity contribution in [1.82, 2.24) is 5.32 Å². The van der Waals surface area contributed by atoms with Crippen LogP contribution in [0.25, 0.3) is 0 Å². The lowest BCUT2D eigenvalue weighted by Gasteiger charge is -2.14. The van der Waals surface area contributed by atoms with Gasteiger partial charge in [0.25, 0.3) is 5.91 Å². The van der Waals surface area contributed by atoms with Crippen molar-refractivity contribution in [2.75, 3.05) is 25.6 Å². The van der Waals surface area contributed by atoms with E-state index >= 15 is 0 Å². The van der Waals surface area contributed by atoms with Crippen LogP contribution in [0.1, 0.15) is 37.3 Å². The Labute approximate surface area is 172 Å². The van der Waals surface area contributed by atoms with Crippen LogP contribution in [-0.2, 0) is 11.3 Å². The van der Waals surface area contributed by atoms with Crippen molar-refractivity contribution < 1.29 is 14.3 Å². The van der Waals surface area contributed by atoms with Gasteiger partial charge in [0.05, 0.1) is 7.11 Å². The van der Waals surface area contributed by atoms with E-state index in [9.17, 15) is 4.79 Å². The first-order valence-corrected chi connectivity index (χ1v) is 9.97. The average Bonchev–Trinajstić information content (AvgIpc) is 2.69. The molecule has 0 aromatic heterocycles. The molecule has 0 bridgehead atoms. The zero-order valence-corrected chi connectivity index (χ0v) is 17.6. The number of methoxy groups -OCH3 is 1. The maximum Gasteiger partial charge on any atom is 0.262 e. The van der Waals surface area contributed by atoms with Crippen molar-refractivity contribution in [3.05, 3.63) is 52.5 Å². The van der Waals surface area contributed by atoms with Gasteiger partial charge >= 0.3 is 0 Å². The van der Waals surface area contributed by atoms with Gasteiger partial charge in [0.1, 0.15) is 0 Å². The van der Waals surface area contributed by atoms with Gasteiger partial charge in [0, 0.05) is 23.3 Å². The lowest BCUT2D eigenvalue weighted by atomic mass is 10.2. The molecule has 2 aromatic rings. The Morgan fingerprint density at radius 3 is 2.54 bits per heavy atom. The number of anilines is 1. The van der Waals surface area contributed by atoms with Crippen molar-refractivity contribution in [3.63, 3.8) is 0 Å². The van der Waals surface area contributed by atoms with E-state index in [4.69, 9.17) is 21.1 Å². The fraction of sp³-hybridized carbons (Fsp3) is 0.409. The molecule has 0 unspecified atom stereocenters. The summed E-state index contributed by atoms with van der Waals surface area (Å²) < 4.78 is 11.0. The van der Waals surface area contributed by atoms with Gasteiger partial charge in [0.2, 0.25) is 0 Å². The van der Waals surface area contributed by atoms with E-state index in [1.54, 1.807) is 13.2 Å². The summed E-state index contributed by atoms with van der Waals surface area (Å²) >= 11 is 6.38. The van der Waals surface area contributed by atoms with Gasteiger partial charge in [-0.15, -0.1) is 0 Å². The Morgan fingerprint density at radius 2 is 1.86 bits per heavy atom. The van der Waals surface area contributed by atoms with Crippen LogP contribution in [0, 0.1) is 6.92 Å². The number of hydrogen-bond donors (Lipinski definition) is 2. The standard InChI is InChI=1S/C22H29ClN2O3/c1-4-5-6-11-24-14-17-12-20(27-3)21(13-19(17)23)28-15-22(26)25-18-9-7-16(2)8-10-18/h7-10,12-13,24H,4-6,11,14-15H2,1-3H3,(H,25,26). The number of rotatable bonds is 11. The molecule has 0 aliphatic rings. The Bertz CT molecular complexity index is 763. The van der Waals surface area contributed by atoms with Crippen LogP contribution in [0.4, 0.5) is 5.69 Å². The fourth-order valence-corrected chi connectivity index (χ4v) is 2.91. The molecular formula is C22H29ClN2O3. The molecule has 1 amide bonds. The van der Waals surface area contributed by atoms with Gasteiger partial charge in [-0.1, -0.05) is 49.1 Å². The molecule has 0 fully saturated rings. The second-order valence-corrected chi connectivity index (χ2v) is 7.09. The van der Waals surface area contributed by atoms with Crippen LogP contribution in [0.2, 0.25) is 5.02 Å². The number of aryl methyl sites for hydroxylation is 1. The minimum absolute atomic E-state index is 0.130. The third kappa shape index (κ3) is 7.06. The molecule has 6 heteroatoms. The normalized spacial score (nSPS) is 10.6. The largest absolute Gasteiger partial charge is 0.493 e. The first-order chi connectivity index (χ1) is 13.5. The van der Waals surface area contributed by atoms with Gasteiger partial charge < -0.3 is 20.1 Å². The monoisotopic (exact) mass is 404 g/mol. The fourth-order valence-electron chi connectivity index (χ4n) is 2.69. The molecule has 0 aliphatic carbocycles. The molecule has 0 aliphatic heterocycles. The lowest BCUT2D eigenvalue weighted by Crippen LogP contribution is -2.20. The van der Waals surface area contributed by atoms with E-state index in [2.05, 4.69) is 17.6 Å². The first kappa shape index (κ1) is 22.1. The van der Waals surface area contributed by atoms with Crippen LogP contribution in [0.15, 0.2) is 36.4 Å². The van der Waals surface area contributed by atoms with Crippen molar-refractivity contribution in [1.29, 1.82) is 0 Å². The molecule has 2 aromatic carbocycles. The van der Waals surface area contributed by atoms with Crippen molar-refractivity contribution in [2.45, 2.75) is 39.7 Å². The van der Waals surface area contributed by atoms with Crippen LogP contribution < -0.4 is 20.1 Å². The third-order valence-corrected chi connectivity index (χ3v) is 4.65.